The van der Waals surface area contributed by atoms with Crippen LogP contribution < -0.4 is 5.32 Å². The quantitative estimate of drug-likeness (QED) is 0.293. The Morgan fingerprint density at radius 1 is 1.00 bits per heavy atom. The minimum atomic E-state index is -0.0625. The number of hydrogen-bond donors (Lipinski definition) is 1. The lowest BCUT2D eigenvalue weighted by Crippen LogP contribution is -2.27. The average Bonchev–Trinajstić information content (AvgIpc) is 3.57. The van der Waals surface area contributed by atoms with Gasteiger partial charge >= 0.3 is 0 Å². The van der Waals surface area contributed by atoms with Crippen molar-refractivity contribution >= 4 is 45.1 Å². The van der Waals surface area contributed by atoms with Gasteiger partial charge in [0.05, 0.1) is 5.75 Å². The minimum absolute atomic E-state index is 0.0625. The second kappa shape index (κ2) is 10.4. The lowest BCUT2D eigenvalue weighted by Gasteiger charge is -2.15. The third kappa shape index (κ3) is 5.13. The summed E-state index contributed by atoms with van der Waals surface area (Å²) in [6.45, 7) is 2.10. The Balaban J connectivity index is 1.16. The summed E-state index contributed by atoms with van der Waals surface area (Å²) in [6.07, 6.45) is 3.71. The van der Waals surface area contributed by atoms with Crippen LogP contribution in [-0.2, 0) is 11.3 Å². The van der Waals surface area contributed by atoms with E-state index in [9.17, 15) is 9.59 Å². The highest BCUT2D eigenvalue weighted by Crippen LogP contribution is 2.36. The minimum Gasteiger partial charge on any atom is -0.351 e. The SMILES string of the molecule is O=C(CSc1ncnc2sc(-c3ccccc3)cc12)NCc1ccc(C(=O)N2CCCC2)cc1. The van der Waals surface area contributed by atoms with Crippen LogP contribution in [0.1, 0.15) is 28.8 Å². The van der Waals surface area contributed by atoms with E-state index in [0.717, 1.165) is 57.2 Å². The fourth-order valence-electron chi connectivity index (χ4n) is 3.95. The van der Waals surface area contributed by atoms with E-state index in [-0.39, 0.29) is 17.6 Å². The summed E-state index contributed by atoms with van der Waals surface area (Å²) >= 11 is 3.04. The second-order valence-corrected chi connectivity index (χ2v) is 10.1. The molecule has 1 saturated heterocycles. The van der Waals surface area contributed by atoms with Gasteiger partial charge in [0.2, 0.25) is 5.91 Å². The Labute approximate surface area is 206 Å². The van der Waals surface area contributed by atoms with Gasteiger partial charge in [-0.25, -0.2) is 9.97 Å². The summed E-state index contributed by atoms with van der Waals surface area (Å²) in [6, 6.07) is 19.8. The molecule has 1 aliphatic rings. The van der Waals surface area contributed by atoms with Crippen LogP contribution in [0.4, 0.5) is 0 Å². The third-order valence-corrected chi connectivity index (χ3v) is 7.87. The topological polar surface area (TPSA) is 75.2 Å². The molecule has 3 heterocycles. The zero-order chi connectivity index (χ0) is 23.3. The molecule has 1 fully saturated rings. The lowest BCUT2D eigenvalue weighted by atomic mass is 10.1. The number of rotatable bonds is 7. The second-order valence-electron chi connectivity index (χ2n) is 8.14. The van der Waals surface area contributed by atoms with Gasteiger partial charge in [-0.1, -0.05) is 54.2 Å². The maximum atomic E-state index is 12.5. The van der Waals surface area contributed by atoms with Crippen LogP contribution in [-0.4, -0.2) is 45.5 Å². The monoisotopic (exact) mass is 488 g/mol. The van der Waals surface area contributed by atoms with Crippen molar-refractivity contribution in [2.45, 2.75) is 24.4 Å². The first-order chi connectivity index (χ1) is 16.7. The first-order valence-electron chi connectivity index (χ1n) is 11.2. The van der Waals surface area contributed by atoms with Gasteiger partial charge in [0.15, 0.2) is 0 Å². The molecule has 1 N–H and O–H groups in total. The van der Waals surface area contributed by atoms with Gasteiger partial charge < -0.3 is 10.2 Å². The molecule has 8 heteroatoms. The van der Waals surface area contributed by atoms with E-state index in [2.05, 4.69) is 33.5 Å². The van der Waals surface area contributed by atoms with Crippen molar-refractivity contribution in [2.24, 2.45) is 0 Å². The predicted octanol–water partition coefficient (Wildman–Crippen LogP) is 5.00. The molecule has 2 aromatic heterocycles. The molecule has 1 aliphatic heterocycles. The number of nitrogens with one attached hydrogen (secondary N) is 1. The third-order valence-electron chi connectivity index (χ3n) is 5.77. The summed E-state index contributed by atoms with van der Waals surface area (Å²) in [7, 11) is 0. The number of nitrogens with zero attached hydrogens (tertiary/aromatic N) is 3. The normalized spacial score (nSPS) is 13.4. The van der Waals surface area contributed by atoms with Gasteiger partial charge in [-0.15, -0.1) is 11.3 Å². The molecule has 34 heavy (non-hydrogen) atoms. The molecule has 0 unspecified atom stereocenters. The number of thiophene rings is 1. The smallest absolute Gasteiger partial charge is 0.253 e. The van der Waals surface area contributed by atoms with Gasteiger partial charge in [-0.2, -0.15) is 0 Å². The molecule has 2 amide bonds. The number of fused-ring (bicyclic) bond motifs is 1. The highest BCUT2D eigenvalue weighted by Gasteiger charge is 2.19. The molecule has 4 aromatic rings. The van der Waals surface area contributed by atoms with Gasteiger partial charge in [0.1, 0.15) is 16.2 Å². The Hall–Kier alpha value is -3.23. The maximum absolute atomic E-state index is 12.5. The average molecular weight is 489 g/mol. The van der Waals surface area contributed by atoms with Crippen LogP contribution in [0.25, 0.3) is 20.7 Å². The van der Waals surface area contributed by atoms with E-state index in [1.165, 1.54) is 11.8 Å². The molecule has 2 aromatic carbocycles. The number of benzene rings is 2. The van der Waals surface area contributed by atoms with Crippen LogP contribution in [0.5, 0.6) is 0 Å². The molecule has 5 rings (SSSR count). The number of carbonyl (C=O) groups is 2. The standard InChI is InChI=1S/C26H24N4O2S2/c31-23(27-15-18-8-10-20(11-9-18)26(32)30-12-4-5-13-30)16-33-24-21-14-22(19-6-2-1-3-7-19)34-25(21)29-17-28-24/h1-3,6-11,14,17H,4-5,12-13,15-16H2,(H,27,31). The number of hydrogen-bond acceptors (Lipinski definition) is 6. The Morgan fingerprint density at radius 2 is 1.76 bits per heavy atom. The summed E-state index contributed by atoms with van der Waals surface area (Å²) in [5.41, 5.74) is 2.81. The van der Waals surface area contributed by atoms with Crippen LogP contribution in [0.2, 0.25) is 0 Å². The zero-order valence-corrected chi connectivity index (χ0v) is 20.2. The first-order valence-corrected chi connectivity index (χ1v) is 13.1. The molecule has 0 radical (unpaired) electrons. The Kier molecular flexibility index (Phi) is 6.87. The molecule has 0 bridgehead atoms. The van der Waals surface area contributed by atoms with Crippen LogP contribution in [0.3, 0.4) is 0 Å². The molecule has 0 spiro atoms. The molecular weight excluding hydrogens is 464 g/mol. The number of thioether (sulfide) groups is 1. The maximum Gasteiger partial charge on any atom is 0.253 e. The van der Waals surface area contributed by atoms with E-state index in [1.54, 1.807) is 17.7 Å². The van der Waals surface area contributed by atoms with Crippen LogP contribution in [0.15, 0.2) is 72.0 Å². The van der Waals surface area contributed by atoms with Gasteiger partial charge in [-0.05, 0) is 42.2 Å². The highest BCUT2D eigenvalue weighted by molar-refractivity contribution is 8.00. The van der Waals surface area contributed by atoms with Crippen molar-refractivity contribution in [2.75, 3.05) is 18.8 Å². The van der Waals surface area contributed by atoms with Crippen molar-refractivity contribution in [3.63, 3.8) is 0 Å². The molecule has 0 aliphatic carbocycles. The number of likely N-dealkylation sites (tertiary alicyclic amines) is 1. The van der Waals surface area contributed by atoms with E-state index in [0.29, 0.717) is 12.1 Å². The van der Waals surface area contributed by atoms with Crippen LogP contribution in [0, 0.1) is 0 Å². The fourth-order valence-corrected chi connectivity index (χ4v) is 5.82. The van der Waals surface area contributed by atoms with Crippen molar-refractivity contribution in [3.8, 4) is 10.4 Å². The molecule has 0 saturated carbocycles. The summed E-state index contributed by atoms with van der Waals surface area (Å²) < 4.78 is 0. The fraction of sp³-hybridized carbons (Fsp3) is 0.231. The number of amides is 2. The van der Waals surface area contributed by atoms with Crippen molar-refractivity contribution in [1.82, 2.24) is 20.2 Å². The highest BCUT2D eigenvalue weighted by atomic mass is 32.2. The summed E-state index contributed by atoms with van der Waals surface area (Å²) in [4.78, 5) is 37.7. The van der Waals surface area contributed by atoms with Crippen LogP contribution >= 0.6 is 23.1 Å². The Bertz CT molecular complexity index is 1300. The Morgan fingerprint density at radius 3 is 2.53 bits per heavy atom. The predicted molar refractivity (Wildman–Crippen MR) is 137 cm³/mol. The summed E-state index contributed by atoms with van der Waals surface area (Å²) in [5, 5.41) is 4.74. The lowest BCUT2D eigenvalue weighted by molar-refractivity contribution is -0.118. The van der Waals surface area contributed by atoms with E-state index < -0.39 is 0 Å². The van der Waals surface area contributed by atoms with Gasteiger partial charge in [0, 0.05) is 35.5 Å². The van der Waals surface area contributed by atoms with E-state index in [4.69, 9.17) is 0 Å². The molecule has 172 valence electrons. The van der Waals surface area contributed by atoms with Crippen molar-refractivity contribution < 1.29 is 9.59 Å². The van der Waals surface area contributed by atoms with Crippen molar-refractivity contribution in [3.05, 3.63) is 78.1 Å². The van der Waals surface area contributed by atoms with E-state index in [1.807, 2.05) is 47.4 Å². The summed E-state index contributed by atoms with van der Waals surface area (Å²) in [5.74, 6) is 0.297. The largest absolute Gasteiger partial charge is 0.351 e. The number of carbonyl (C=O) groups excluding carboxylic acids is 2. The van der Waals surface area contributed by atoms with Gasteiger partial charge in [0.25, 0.3) is 5.91 Å². The molecular formula is C26H24N4O2S2. The van der Waals surface area contributed by atoms with Gasteiger partial charge in [-0.3, -0.25) is 9.59 Å². The molecule has 6 nitrogen and oxygen atoms in total. The van der Waals surface area contributed by atoms with E-state index >= 15 is 0 Å². The first kappa shape index (κ1) is 22.6. The zero-order valence-electron chi connectivity index (χ0n) is 18.6. The molecule has 0 atom stereocenters. The van der Waals surface area contributed by atoms with Crippen molar-refractivity contribution in [1.29, 1.82) is 0 Å². The number of aromatic nitrogens is 2.